The van der Waals surface area contributed by atoms with E-state index in [-0.39, 0.29) is 5.91 Å². The van der Waals surface area contributed by atoms with Gasteiger partial charge in [0.05, 0.1) is 43.3 Å². The maximum absolute atomic E-state index is 12.8. The van der Waals surface area contributed by atoms with Crippen LogP contribution < -0.4 is 19.5 Å². The minimum atomic E-state index is -0.369. The molecule has 0 aliphatic carbocycles. The SMILES string of the molecule is COc1ccc(-c2ncc(C(=O)Nc3cc(OC)c(Cl)cc3OC)c(C)n2)cc1. The topological polar surface area (TPSA) is 82.6 Å². The summed E-state index contributed by atoms with van der Waals surface area (Å²) < 4.78 is 15.7. The van der Waals surface area contributed by atoms with Crippen LogP contribution in [0.2, 0.25) is 5.02 Å². The van der Waals surface area contributed by atoms with Crippen molar-refractivity contribution in [2.24, 2.45) is 0 Å². The number of hydrogen-bond acceptors (Lipinski definition) is 6. The molecule has 0 atom stereocenters. The lowest BCUT2D eigenvalue weighted by Crippen LogP contribution is -2.15. The van der Waals surface area contributed by atoms with Crippen molar-refractivity contribution in [1.82, 2.24) is 9.97 Å². The molecule has 29 heavy (non-hydrogen) atoms. The van der Waals surface area contributed by atoms with E-state index >= 15 is 0 Å². The first kappa shape index (κ1) is 20.4. The van der Waals surface area contributed by atoms with Crippen molar-refractivity contribution in [1.29, 1.82) is 0 Å². The number of carbonyl (C=O) groups excluding carboxylic acids is 1. The van der Waals surface area contributed by atoms with E-state index in [1.807, 2.05) is 24.3 Å². The maximum Gasteiger partial charge on any atom is 0.259 e. The second kappa shape index (κ2) is 8.79. The molecule has 1 heterocycles. The molecule has 0 spiro atoms. The fourth-order valence-electron chi connectivity index (χ4n) is 2.72. The fraction of sp³-hybridized carbons (Fsp3) is 0.190. The number of carbonyl (C=O) groups is 1. The summed E-state index contributed by atoms with van der Waals surface area (Å²) in [4.78, 5) is 21.6. The number of aryl methyl sites for hydroxylation is 1. The zero-order valence-electron chi connectivity index (χ0n) is 16.4. The van der Waals surface area contributed by atoms with E-state index in [1.54, 1.807) is 26.2 Å². The molecule has 0 saturated carbocycles. The van der Waals surface area contributed by atoms with E-state index in [1.165, 1.54) is 20.4 Å². The zero-order chi connectivity index (χ0) is 21.0. The molecule has 7 nitrogen and oxygen atoms in total. The summed E-state index contributed by atoms with van der Waals surface area (Å²) in [7, 11) is 4.59. The minimum absolute atomic E-state index is 0.346. The Morgan fingerprint density at radius 2 is 1.69 bits per heavy atom. The zero-order valence-corrected chi connectivity index (χ0v) is 17.2. The minimum Gasteiger partial charge on any atom is -0.497 e. The Bertz CT molecular complexity index is 1040. The van der Waals surface area contributed by atoms with Crippen LogP contribution in [0.1, 0.15) is 16.1 Å². The molecule has 1 N–H and O–H groups in total. The molecular formula is C21H20ClN3O4. The van der Waals surface area contributed by atoms with Gasteiger partial charge in [-0.15, -0.1) is 0 Å². The molecule has 8 heteroatoms. The van der Waals surface area contributed by atoms with Crippen LogP contribution in [0.5, 0.6) is 17.2 Å². The molecule has 0 radical (unpaired) electrons. The summed E-state index contributed by atoms with van der Waals surface area (Å²) in [6.45, 7) is 1.75. The third-order valence-corrected chi connectivity index (χ3v) is 4.59. The van der Waals surface area contributed by atoms with Crippen LogP contribution in [-0.4, -0.2) is 37.2 Å². The van der Waals surface area contributed by atoms with Gasteiger partial charge in [0.25, 0.3) is 5.91 Å². The summed E-state index contributed by atoms with van der Waals surface area (Å²) in [5.41, 5.74) is 2.14. The molecule has 0 unspecified atom stereocenters. The number of hydrogen-bond donors (Lipinski definition) is 1. The fourth-order valence-corrected chi connectivity index (χ4v) is 2.95. The van der Waals surface area contributed by atoms with E-state index in [4.69, 9.17) is 25.8 Å². The predicted molar refractivity (Wildman–Crippen MR) is 111 cm³/mol. The van der Waals surface area contributed by atoms with Gasteiger partial charge in [-0.05, 0) is 31.2 Å². The molecule has 3 aromatic rings. The van der Waals surface area contributed by atoms with Gasteiger partial charge in [-0.2, -0.15) is 0 Å². The lowest BCUT2D eigenvalue weighted by molar-refractivity contribution is 0.102. The van der Waals surface area contributed by atoms with Crippen molar-refractivity contribution in [2.45, 2.75) is 6.92 Å². The molecule has 2 aromatic carbocycles. The highest BCUT2D eigenvalue weighted by atomic mass is 35.5. The molecule has 1 amide bonds. The average Bonchev–Trinajstić information content (AvgIpc) is 2.74. The van der Waals surface area contributed by atoms with Gasteiger partial charge in [0, 0.05) is 23.9 Å². The Labute approximate surface area is 173 Å². The average molecular weight is 414 g/mol. The molecule has 0 aliphatic heterocycles. The first-order valence-corrected chi connectivity index (χ1v) is 9.05. The molecule has 0 bridgehead atoms. The van der Waals surface area contributed by atoms with Crippen molar-refractivity contribution < 1.29 is 19.0 Å². The summed E-state index contributed by atoms with van der Waals surface area (Å²) in [6.07, 6.45) is 1.50. The third-order valence-electron chi connectivity index (χ3n) is 4.29. The number of nitrogens with zero attached hydrogens (tertiary/aromatic N) is 2. The van der Waals surface area contributed by atoms with Crippen LogP contribution in [0.15, 0.2) is 42.6 Å². The van der Waals surface area contributed by atoms with Gasteiger partial charge in [0.15, 0.2) is 5.82 Å². The number of amides is 1. The third kappa shape index (κ3) is 4.41. The van der Waals surface area contributed by atoms with Crippen LogP contribution >= 0.6 is 11.6 Å². The number of ether oxygens (including phenoxy) is 3. The van der Waals surface area contributed by atoms with Crippen molar-refractivity contribution in [2.75, 3.05) is 26.6 Å². The highest BCUT2D eigenvalue weighted by Gasteiger charge is 2.17. The number of benzene rings is 2. The standard InChI is InChI=1S/C21H20ClN3O4/c1-12-15(11-23-20(24-12)13-5-7-14(27-2)8-6-13)21(26)25-17-10-18(28-3)16(22)9-19(17)29-4/h5-11H,1-4H3,(H,25,26). The number of methoxy groups -OCH3 is 3. The molecule has 3 rings (SSSR count). The Kier molecular flexibility index (Phi) is 6.19. The van der Waals surface area contributed by atoms with Gasteiger partial charge in [0.2, 0.25) is 0 Å². The first-order chi connectivity index (χ1) is 14.0. The number of halogens is 1. The molecule has 0 fully saturated rings. The van der Waals surface area contributed by atoms with Crippen LogP contribution in [0.4, 0.5) is 5.69 Å². The Morgan fingerprint density at radius 3 is 2.28 bits per heavy atom. The number of aromatic nitrogens is 2. The van der Waals surface area contributed by atoms with E-state index < -0.39 is 0 Å². The summed E-state index contributed by atoms with van der Waals surface area (Å²) in [5.74, 6) is 1.73. The largest absolute Gasteiger partial charge is 0.497 e. The van der Waals surface area contributed by atoms with Crippen LogP contribution in [0.3, 0.4) is 0 Å². The summed E-state index contributed by atoms with van der Waals surface area (Å²) in [5, 5.41) is 3.18. The first-order valence-electron chi connectivity index (χ1n) is 8.67. The second-order valence-electron chi connectivity index (χ2n) is 6.06. The number of rotatable bonds is 6. The maximum atomic E-state index is 12.8. The quantitative estimate of drug-likeness (QED) is 0.645. The van der Waals surface area contributed by atoms with Crippen molar-refractivity contribution in [3.8, 4) is 28.6 Å². The van der Waals surface area contributed by atoms with Gasteiger partial charge in [0.1, 0.15) is 17.2 Å². The summed E-state index contributed by atoms with van der Waals surface area (Å²) >= 11 is 6.11. The van der Waals surface area contributed by atoms with Gasteiger partial charge in [-0.3, -0.25) is 4.79 Å². The lowest BCUT2D eigenvalue weighted by atomic mass is 10.1. The van der Waals surface area contributed by atoms with Gasteiger partial charge < -0.3 is 19.5 Å². The molecule has 0 saturated heterocycles. The van der Waals surface area contributed by atoms with Gasteiger partial charge in [-0.25, -0.2) is 9.97 Å². The van der Waals surface area contributed by atoms with Crippen molar-refractivity contribution in [3.63, 3.8) is 0 Å². The summed E-state index contributed by atoms with van der Waals surface area (Å²) in [6, 6.07) is 10.5. The van der Waals surface area contributed by atoms with Crippen LogP contribution in [0, 0.1) is 6.92 Å². The number of anilines is 1. The normalized spacial score (nSPS) is 10.4. The molecule has 0 aliphatic rings. The molecule has 150 valence electrons. The van der Waals surface area contributed by atoms with Gasteiger partial charge >= 0.3 is 0 Å². The highest BCUT2D eigenvalue weighted by molar-refractivity contribution is 6.32. The van der Waals surface area contributed by atoms with Crippen molar-refractivity contribution in [3.05, 3.63) is 58.9 Å². The number of nitrogens with one attached hydrogen (secondary N) is 1. The van der Waals surface area contributed by atoms with E-state index in [0.717, 1.165) is 11.3 Å². The Balaban J connectivity index is 1.86. The Morgan fingerprint density at radius 1 is 1.00 bits per heavy atom. The second-order valence-corrected chi connectivity index (χ2v) is 6.47. The monoisotopic (exact) mass is 413 g/mol. The van der Waals surface area contributed by atoms with Gasteiger partial charge in [-0.1, -0.05) is 11.6 Å². The van der Waals surface area contributed by atoms with E-state index in [2.05, 4.69) is 15.3 Å². The Hall–Kier alpha value is -3.32. The molecule has 1 aromatic heterocycles. The van der Waals surface area contributed by atoms with Crippen molar-refractivity contribution >= 4 is 23.2 Å². The van der Waals surface area contributed by atoms with E-state index in [9.17, 15) is 4.79 Å². The molecular weight excluding hydrogens is 394 g/mol. The van der Waals surface area contributed by atoms with Crippen LogP contribution in [0.25, 0.3) is 11.4 Å². The highest BCUT2D eigenvalue weighted by Crippen LogP contribution is 2.36. The van der Waals surface area contributed by atoms with Crippen LogP contribution in [-0.2, 0) is 0 Å². The smallest absolute Gasteiger partial charge is 0.259 e. The predicted octanol–water partition coefficient (Wildman–Crippen LogP) is 4.38. The van der Waals surface area contributed by atoms with E-state index in [0.29, 0.717) is 39.3 Å². The lowest BCUT2D eigenvalue weighted by Gasteiger charge is -2.14.